The van der Waals surface area contributed by atoms with E-state index in [2.05, 4.69) is 32.2 Å². The lowest BCUT2D eigenvalue weighted by atomic mass is 9.94. The Labute approximate surface area is 115 Å². The van der Waals surface area contributed by atoms with E-state index in [1.165, 1.54) is 12.0 Å². The van der Waals surface area contributed by atoms with Gasteiger partial charge in [0.15, 0.2) is 0 Å². The van der Waals surface area contributed by atoms with E-state index in [9.17, 15) is 0 Å². The lowest BCUT2D eigenvalue weighted by Crippen LogP contribution is -2.22. The fourth-order valence-electron chi connectivity index (χ4n) is 1.88. The van der Waals surface area contributed by atoms with Gasteiger partial charge in [0, 0.05) is 6.04 Å². The second-order valence-corrected chi connectivity index (χ2v) is 5.35. The molecule has 0 saturated carbocycles. The molecule has 0 saturated heterocycles. The van der Waals surface area contributed by atoms with Gasteiger partial charge in [-0.15, -0.1) is 0 Å². The number of hydrogen-bond acceptors (Lipinski definition) is 1. The summed E-state index contributed by atoms with van der Waals surface area (Å²) in [6, 6.07) is 6.27. The highest BCUT2D eigenvalue weighted by Gasteiger charge is 2.14. The Bertz CT molecular complexity index is 352. The van der Waals surface area contributed by atoms with E-state index in [1.54, 1.807) is 0 Å². The van der Waals surface area contributed by atoms with Gasteiger partial charge in [0.2, 0.25) is 0 Å². The summed E-state index contributed by atoms with van der Waals surface area (Å²) in [5.41, 5.74) is 1.22. The minimum atomic E-state index is 0.365. The zero-order valence-electron chi connectivity index (χ0n) is 10.8. The summed E-state index contributed by atoms with van der Waals surface area (Å²) >= 11 is 12.0. The van der Waals surface area contributed by atoms with Crippen LogP contribution < -0.4 is 5.32 Å². The van der Waals surface area contributed by atoms with Crippen LogP contribution in [0.4, 0.5) is 0 Å². The average Bonchev–Trinajstić information content (AvgIpc) is 2.32. The van der Waals surface area contributed by atoms with E-state index in [4.69, 9.17) is 23.2 Å². The van der Waals surface area contributed by atoms with E-state index in [1.807, 2.05) is 12.1 Å². The SMILES string of the molecule is CCNC(CC(C)CC)c1ccc(Cl)c(Cl)c1. The summed E-state index contributed by atoms with van der Waals surface area (Å²) in [7, 11) is 0. The Morgan fingerprint density at radius 3 is 2.41 bits per heavy atom. The average molecular weight is 274 g/mol. The fraction of sp³-hybridized carbons (Fsp3) is 0.571. The minimum absolute atomic E-state index is 0.365. The number of halogens is 2. The van der Waals surface area contributed by atoms with Crippen molar-refractivity contribution in [2.24, 2.45) is 5.92 Å². The van der Waals surface area contributed by atoms with Crippen LogP contribution in [0.25, 0.3) is 0 Å². The zero-order valence-corrected chi connectivity index (χ0v) is 12.3. The van der Waals surface area contributed by atoms with E-state index in [0.717, 1.165) is 13.0 Å². The van der Waals surface area contributed by atoms with Gasteiger partial charge in [0.05, 0.1) is 10.0 Å². The van der Waals surface area contributed by atoms with Gasteiger partial charge in [0.25, 0.3) is 0 Å². The standard InChI is InChI=1S/C14H21Cl2N/c1-4-10(3)8-14(17-5-2)11-6-7-12(15)13(16)9-11/h6-7,9-10,14,17H,4-5,8H2,1-3H3. The van der Waals surface area contributed by atoms with E-state index in [-0.39, 0.29) is 0 Å². The lowest BCUT2D eigenvalue weighted by Gasteiger charge is -2.22. The van der Waals surface area contributed by atoms with Crippen molar-refractivity contribution in [2.75, 3.05) is 6.54 Å². The highest BCUT2D eigenvalue weighted by atomic mass is 35.5. The van der Waals surface area contributed by atoms with Crippen LogP contribution in [-0.2, 0) is 0 Å². The molecule has 0 aliphatic heterocycles. The molecule has 0 bridgehead atoms. The van der Waals surface area contributed by atoms with Crippen molar-refractivity contribution < 1.29 is 0 Å². The number of benzene rings is 1. The second-order valence-electron chi connectivity index (χ2n) is 4.53. The highest BCUT2D eigenvalue weighted by Crippen LogP contribution is 2.29. The number of nitrogens with one attached hydrogen (secondary N) is 1. The predicted octanol–water partition coefficient (Wildman–Crippen LogP) is 5.08. The van der Waals surface area contributed by atoms with E-state index >= 15 is 0 Å². The van der Waals surface area contributed by atoms with Crippen LogP contribution in [0, 0.1) is 5.92 Å². The molecule has 0 aliphatic rings. The molecule has 2 unspecified atom stereocenters. The molecule has 3 heteroatoms. The molecule has 0 amide bonds. The highest BCUT2D eigenvalue weighted by molar-refractivity contribution is 6.42. The molecule has 1 rings (SSSR count). The van der Waals surface area contributed by atoms with Gasteiger partial charge in [-0.25, -0.2) is 0 Å². The first-order chi connectivity index (χ1) is 8.08. The maximum Gasteiger partial charge on any atom is 0.0595 e. The van der Waals surface area contributed by atoms with Gasteiger partial charge in [-0.3, -0.25) is 0 Å². The summed E-state index contributed by atoms with van der Waals surface area (Å²) in [6.45, 7) is 7.59. The Kier molecular flexibility index (Phi) is 6.32. The van der Waals surface area contributed by atoms with Crippen molar-refractivity contribution >= 4 is 23.2 Å². The third-order valence-electron chi connectivity index (χ3n) is 3.13. The summed E-state index contributed by atoms with van der Waals surface area (Å²) in [5.74, 6) is 0.702. The molecule has 0 spiro atoms. The maximum absolute atomic E-state index is 6.07. The third kappa shape index (κ3) is 4.50. The van der Waals surface area contributed by atoms with Crippen molar-refractivity contribution in [3.8, 4) is 0 Å². The Morgan fingerprint density at radius 2 is 1.88 bits per heavy atom. The molecule has 1 aromatic carbocycles. The predicted molar refractivity (Wildman–Crippen MR) is 77.0 cm³/mol. The molecular formula is C14H21Cl2N. The first-order valence-corrected chi connectivity index (χ1v) is 7.02. The van der Waals surface area contributed by atoms with Crippen LogP contribution in [0.2, 0.25) is 10.0 Å². The molecular weight excluding hydrogens is 253 g/mol. The smallest absolute Gasteiger partial charge is 0.0595 e. The quantitative estimate of drug-likeness (QED) is 0.762. The van der Waals surface area contributed by atoms with Gasteiger partial charge >= 0.3 is 0 Å². The molecule has 0 aliphatic carbocycles. The molecule has 0 aromatic heterocycles. The molecule has 1 aromatic rings. The van der Waals surface area contributed by atoms with Gasteiger partial charge in [-0.1, -0.05) is 56.5 Å². The molecule has 0 heterocycles. The normalized spacial score (nSPS) is 14.6. The minimum Gasteiger partial charge on any atom is -0.310 e. The van der Waals surface area contributed by atoms with Crippen LogP contribution in [0.1, 0.15) is 45.2 Å². The topological polar surface area (TPSA) is 12.0 Å². The summed E-state index contributed by atoms with van der Waals surface area (Å²) < 4.78 is 0. The largest absolute Gasteiger partial charge is 0.310 e. The van der Waals surface area contributed by atoms with Crippen molar-refractivity contribution in [1.82, 2.24) is 5.32 Å². The summed E-state index contributed by atoms with van der Waals surface area (Å²) in [6.07, 6.45) is 2.32. The van der Waals surface area contributed by atoms with E-state index < -0.39 is 0 Å². The van der Waals surface area contributed by atoms with Crippen molar-refractivity contribution in [3.05, 3.63) is 33.8 Å². The van der Waals surface area contributed by atoms with Crippen molar-refractivity contribution in [1.29, 1.82) is 0 Å². The van der Waals surface area contributed by atoms with Crippen LogP contribution in [0.5, 0.6) is 0 Å². The van der Waals surface area contributed by atoms with E-state index in [0.29, 0.717) is 22.0 Å². The molecule has 1 nitrogen and oxygen atoms in total. The van der Waals surface area contributed by atoms with Crippen LogP contribution in [-0.4, -0.2) is 6.54 Å². The van der Waals surface area contributed by atoms with Crippen LogP contribution in [0.3, 0.4) is 0 Å². The Hall–Kier alpha value is -0.240. The van der Waals surface area contributed by atoms with Crippen molar-refractivity contribution in [2.45, 2.75) is 39.7 Å². The third-order valence-corrected chi connectivity index (χ3v) is 3.87. The second kappa shape index (κ2) is 7.25. The molecule has 96 valence electrons. The summed E-state index contributed by atoms with van der Waals surface area (Å²) in [5, 5.41) is 4.76. The van der Waals surface area contributed by atoms with Gasteiger partial charge in [0.1, 0.15) is 0 Å². The van der Waals surface area contributed by atoms with Crippen molar-refractivity contribution in [3.63, 3.8) is 0 Å². The Balaban J connectivity index is 2.84. The first-order valence-electron chi connectivity index (χ1n) is 6.26. The number of hydrogen-bond donors (Lipinski definition) is 1. The zero-order chi connectivity index (χ0) is 12.8. The summed E-state index contributed by atoms with van der Waals surface area (Å²) in [4.78, 5) is 0. The molecule has 17 heavy (non-hydrogen) atoms. The Morgan fingerprint density at radius 1 is 1.18 bits per heavy atom. The van der Waals surface area contributed by atoms with Crippen LogP contribution >= 0.6 is 23.2 Å². The lowest BCUT2D eigenvalue weighted by molar-refractivity contribution is 0.408. The fourth-order valence-corrected chi connectivity index (χ4v) is 2.19. The van der Waals surface area contributed by atoms with Gasteiger partial charge in [-0.05, 0) is 36.6 Å². The molecule has 1 N–H and O–H groups in total. The van der Waals surface area contributed by atoms with Crippen LogP contribution in [0.15, 0.2) is 18.2 Å². The molecule has 0 fully saturated rings. The van der Waals surface area contributed by atoms with Gasteiger partial charge in [-0.2, -0.15) is 0 Å². The monoisotopic (exact) mass is 273 g/mol. The van der Waals surface area contributed by atoms with Gasteiger partial charge < -0.3 is 5.32 Å². The molecule has 0 radical (unpaired) electrons. The molecule has 2 atom stereocenters. The first kappa shape index (κ1) is 14.8. The number of rotatable bonds is 6. The maximum atomic E-state index is 6.07.